The van der Waals surface area contributed by atoms with Crippen LogP contribution >= 0.6 is 0 Å². The zero-order valence-electron chi connectivity index (χ0n) is 15.8. The summed E-state index contributed by atoms with van der Waals surface area (Å²) in [5.74, 6) is -1.96. The molecule has 0 fully saturated rings. The van der Waals surface area contributed by atoms with Crippen LogP contribution in [-0.4, -0.2) is 19.3 Å². The van der Waals surface area contributed by atoms with Crippen molar-refractivity contribution in [3.8, 4) is 0 Å². The predicted octanol–water partition coefficient (Wildman–Crippen LogP) is 3.73. The van der Waals surface area contributed by atoms with Gasteiger partial charge in [-0.05, 0) is 42.0 Å². The molecule has 7 nitrogen and oxygen atoms in total. The summed E-state index contributed by atoms with van der Waals surface area (Å²) in [5, 5.41) is 5.75. The molecule has 0 bridgehead atoms. The van der Waals surface area contributed by atoms with Crippen LogP contribution in [0.5, 0.6) is 0 Å². The zero-order valence-corrected chi connectivity index (χ0v) is 16.6. The number of halogens is 2. The molecule has 0 unspecified atom stereocenters. The number of rotatable bonds is 7. The maximum absolute atomic E-state index is 13.3. The topological polar surface area (TPSA) is 100 Å². The lowest BCUT2D eigenvalue weighted by atomic mass is 10.2. The summed E-state index contributed by atoms with van der Waals surface area (Å²) in [5.41, 5.74) is 1.45. The first kappa shape index (κ1) is 21.2. The second-order valence-electron chi connectivity index (χ2n) is 6.35. The number of pyridine rings is 1. The number of anilines is 3. The third-order valence-electron chi connectivity index (χ3n) is 3.94. The molecule has 3 rings (SSSR count). The van der Waals surface area contributed by atoms with Gasteiger partial charge in [0.2, 0.25) is 5.91 Å². The van der Waals surface area contributed by atoms with Crippen LogP contribution in [0.4, 0.5) is 26.0 Å². The Labute approximate surface area is 172 Å². The predicted molar refractivity (Wildman–Crippen MR) is 109 cm³/mol. The highest BCUT2D eigenvalue weighted by Gasteiger charge is 2.16. The number of carbonyl (C=O) groups excluding carboxylic acids is 1. The van der Waals surface area contributed by atoms with Gasteiger partial charge in [0.15, 0.2) is 11.6 Å². The van der Waals surface area contributed by atoms with Crippen molar-refractivity contribution >= 4 is 33.1 Å². The lowest BCUT2D eigenvalue weighted by molar-refractivity contribution is -0.114. The maximum Gasteiger partial charge on any atom is 0.263 e. The summed E-state index contributed by atoms with van der Waals surface area (Å²) in [4.78, 5) is 15.1. The average molecular weight is 432 g/mol. The smallest absolute Gasteiger partial charge is 0.263 e. The minimum absolute atomic E-state index is 0.102. The van der Waals surface area contributed by atoms with Gasteiger partial charge in [0.25, 0.3) is 10.0 Å². The molecule has 0 aliphatic heterocycles. The minimum Gasteiger partial charge on any atom is -0.366 e. The van der Waals surface area contributed by atoms with Crippen molar-refractivity contribution in [3.05, 3.63) is 78.0 Å². The SMILES string of the molecule is CC(=O)Nc1cccc(CNc2ccc(S(=O)(=O)Nc3ccc(F)c(F)c3)cn2)c1. The Morgan fingerprint density at radius 1 is 1.00 bits per heavy atom. The summed E-state index contributed by atoms with van der Waals surface area (Å²) >= 11 is 0. The number of sulfonamides is 1. The van der Waals surface area contributed by atoms with Crippen molar-refractivity contribution in [2.24, 2.45) is 0 Å². The normalized spacial score (nSPS) is 11.0. The number of nitrogens with one attached hydrogen (secondary N) is 3. The monoisotopic (exact) mass is 432 g/mol. The van der Waals surface area contributed by atoms with E-state index in [1.54, 1.807) is 18.2 Å². The van der Waals surface area contributed by atoms with E-state index in [2.05, 4.69) is 20.3 Å². The number of nitrogens with zero attached hydrogens (tertiary/aromatic N) is 1. The van der Waals surface area contributed by atoms with Crippen LogP contribution in [-0.2, 0) is 21.4 Å². The van der Waals surface area contributed by atoms with Crippen LogP contribution in [0.15, 0.2) is 65.7 Å². The average Bonchev–Trinajstić information content (AvgIpc) is 2.69. The van der Waals surface area contributed by atoms with Gasteiger partial charge in [-0.3, -0.25) is 9.52 Å². The zero-order chi connectivity index (χ0) is 21.7. The Kier molecular flexibility index (Phi) is 6.26. The summed E-state index contributed by atoms with van der Waals surface area (Å²) < 4.78 is 53.2. The molecule has 156 valence electrons. The summed E-state index contributed by atoms with van der Waals surface area (Å²) in [7, 11) is -4.01. The fourth-order valence-electron chi connectivity index (χ4n) is 2.57. The molecular formula is C20H18F2N4O3S. The largest absolute Gasteiger partial charge is 0.366 e. The first-order valence-electron chi connectivity index (χ1n) is 8.77. The van der Waals surface area contributed by atoms with E-state index >= 15 is 0 Å². The molecule has 3 aromatic rings. The van der Waals surface area contributed by atoms with E-state index in [9.17, 15) is 22.0 Å². The second-order valence-corrected chi connectivity index (χ2v) is 8.03. The number of amides is 1. The fraction of sp³-hybridized carbons (Fsp3) is 0.100. The molecule has 0 radical (unpaired) electrons. The van der Waals surface area contributed by atoms with Gasteiger partial charge >= 0.3 is 0 Å². The van der Waals surface area contributed by atoms with E-state index in [4.69, 9.17) is 0 Å². The van der Waals surface area contributed by atoms with Gasteiger partial charge in [-0.2, -0.15) is 0 Å². The van der Waals surface area contributed by atoms with Crippen molar-refractivity contribution in [2.45, 2.75) is 18.4 Å². The Bertz CT molecular complexity index is 1170. The Morgan fingerprint density at radius 2 is 1.80 bits per heavy atom. The first-order chi connectivity index (χ1) is 14.2. The van der Waals surface area contributed by atoms with E-state index in [0.29, 0.717) is 18.1 Å². The van der Waals surface area contributed by atoms with E-state index < -0.39 is 21.7 Å². The Hall–Kier alpha value is -3.53. The van der Waals surface area contributed by atoms with Crippen LogP contribution in [0.1, 0.15) is 12.5 Å². The maximum atomic E-state index is 13.3. The molecule has 3 N–H and O–H groups in total. The van der Waals surface area contributed by atoms with Crippen molar-refractivity contribution in [1.29, 1.82) is 0 Å². The van der Waals surface area contributed by atoms with Gasteiger partial charge in [-0.1, -0.05) is 12.1 Å². The summed E-state index contributed by atoms with van der Waals surface area (Å²) in [6.07, 6.45) is 1.15. The number of benzene rings is 2. The van der Waals surface area contributed by atoms with Gasteiger partial charge in [0.1, 0.15) is 10.7 Å². The van der Waals surface area contributed by atoms with Crippen molar-refractivity contribution in [1.82, 2.24) is 4.98 Å². The van der Waals surface area contributed by atoms with Crippen molar-refractivity contribution in [3.63, 3.8) is 0 Å². The molecule has 0 spiro atoms. The summed E-state index contributed by atoms with van der Waals surface area (Å²) in [6.45, 7) is 1.82. The second kappa shape index (κ2) is 8.87. The molecule has 2 aromatic carbocycles. The Morgan fingerprint density at radius 3 is 2.47 bits per heavy atom. The highest BCUT2D eigenvalue weighted by molar-refractivity contribution is 7.92. The molecule has 1 heterocycles. The quantitative estimate of drug-likeness (QED) is 0.528. The fourth-order valence-corrected chi connectivity index (χ4v) is 3.57. The van der Waals surface area contributed by atoms with Crippen LogP contribution < -0.4 is 15.4 Å². The van der Waals surface area contributed by atoms with E-state index in [0.717, 1.165) is 30.0 Å². The molecular weight excluding hydrogens is 414 g/mol. The third-order valence-corrected chi connectivity index (χ3v) is 5.31. The van der Waals surface area contributed by atoms with Crippen LogP contribution in [0, 0.1) is 11.6 Å². The number of hydrogen-bond acceptors (Lipinski definition) is 5. The molecule has 0 saturated heterocycles. The molecule has 0 aliphatic rings. The van der Waals surface area contributed by atoms with Gasteiger partial charge in [0, 0.05) is 31.4 Å². The highest BCUT2D eigenvalue weighted by atomic mass is 32.2. The molecule has 0 atom stereocenters. The van der Waals surface area contributed by atoms with Crippen LogP contribution in [0.2, 0.25) is 0 Å². The van der Waals surface area contributed by atoms with Crippen LogP contribution in [0.3, 0.4) is 0 Å². The standard InChI is InChI=1S/C20H18F2N4O3S/c1-13(27)25-15-4-2-3-14(9-15)11-23-20-8-6-17(12-24-20)30(28,29)26-16-5-7-18(21)19(22)10-16/h2-10,12,26H,11H2,1H3,(H,23,24)(H,25,27). The van der Waals surface area contributed by atoms with Gasteiger partial charge < -0.3 is 10.6 Å². The third kappa shape index (κ3) is 5.51. The van der Waals surface area contributed by atoms with Crippen molar-refractivity contribution < 1.29 is 22.0 Å². The molecule has 1 aromatic heterocycles. The van der Waals surface area contributed by atoms with Gasteiger partial charge in [-0.15, -0.1) is 0 Å². The van der Waals surface area contributed by atoms with Gasteiger partial charge in [0.05, 0.1) is 5.69 Å². The number of aromatic nitrogens is 1. The Balaban J connectivity index is 1.65. The number of hydrogen-bond donors (Lipinski definition) is 3. The molecule has 30 heavy (non-hydrogen) atoms. The lowest BCUT2D eigenvalue weighted by Crippen LogP contribution is -2.14. The van der Waals surface area contributed by atoms with Crippen LogP contribution in [0.25, 0.3) is 0 Å². The van der Waals surface area contributed by atoms with E-state index in [1.807, 2.05) is 6.07 Å². The van der Waals surface area contributed by atoms with E-state index in [-0.39, 0.29) is 16.5 Å². The molecule has 0 aliphatic carbocycles. The number of carbonyl (C=O) groups is 1. The summed E-state index contributed by atoms with van der Waals surface area (Å²) in [6, 6.07) is 12.8. The molecule has 10 heteroatoms. The first-order valence-corrected chi connectivity index (χ1v) is 10.3. The highest BCUT2D eigenvalue weighted by Crippen LogP contribution is 2.19. The molecule has 0 saturated carbocycles. The molecule has 1 amide bonds. The van der Waals surface area contributed by atoms with Gasteiger partial charge in [-0.25, -0.2) is 22.2 Å². The van der Waals surface area contributed by atoms with E-state index in [1.165, 1.54) is 19.1 Å². The minimum atomic E-state index is -4.01. The van der Waals surface area contributed by atoms with Crippen molar-refractivity contribution in [2.75, 3.05) is 15.4 Å². The lowest BCUT2D eigenvalue weighted by Gasteiger charge is -2.10.